The molecule has 1 aliphatic heterocycles. The third-order valence-corrected chi connectivity index (χ3v) is 4.33. The van der Waals surface area contributed by atoms with Gasteiger partial charge in [0.15, 0.2) is 5.96 Å². The van der Waals surface area contributed by atoms with Crippen LogP contribution in [0, 0.1) is 5.92 Å². The van der Waals surface area contributed by atoms with Gasteiger partial charge in [-0.25, -0.2) is 0 Å². The predicted molar refractivity (Wildman–Crippen MR) is 114 cm³/mol. The zero-order valence-electron chi connectivity index (χ0n) is 15.8. The first-order valence-corrected chi connectivity index (χ1v) is 8.82. The van der Waals surface area contributed by atoms with Crippen LogP contribution < -0.4 is 10.1 Å². The van der Waals surface area contributed by atoms with Crippen molar-refractivity contribution in [1.29, 1.82) is 0 Å². The maximum Gasteiger partial charge on any atom is 0.193 e. The summed E-state index contributed by atoms with van der Waals surface area (Å²) in [5.41, 5.74) is 1.33. The van der Waals surface area contributed by atoms with E-state index >= 15 is 0 Å². The van der Waals surface area contributed by atoms with Crippen LogP contribution in [0.3, 0.4) is 0 Å². The van der Waals surface area contributed by atoms with E-state index in [-0.39, 0.29) is 24.0 Å². The highest BCUT2D eigenvalue weighted by atomic mass is 127. The van der Waals surface area contributed by atoms with Crippen LogP contribution in [0.5, 0.6) is 5.75 Å². The van der Waals surface area contributed by atoms with Crippen molar-refractivity contribution in [1.82, 2.24) is 10.2 Å². The second kappa shape index (κ2) is 11.6. The number of hydrogen-bond donors (Lipinski definition) is 1. The Hall–Kier alpha value is -1.02. The fraction of sp³-hybridized carbons (Fsp3) is 0.632. The van der Waals surface area contributed by atoms with E-state index < -0.39 is 0 Å². The minimum Gasteiger partial charge on any atom is -0.492 e. The van der Waals surface area contributed by atoms with Gasteiger partial charge in [-0.1, -0.05) is 26.0 Å². The molecular weight excluding hydrogens is 429 g/mol. The molecule has 1 unspecified atom stereocenters. The van der Waals surface area contributed by atoms with Gasteiger partial charge in [0.05, 0.1) is 13.2 Å². The van der Waals surface area contributed by atoms with Crippen LogP contribution >= 0.6 is 24.0 Å². The Morgan fingerprint density at radius 1 is 1.36 bits per heavy atom. The van der Waals surface area contributed by atoms with E-state index in [9.17, 15) is 0 Å². The Balaban J connectivity index is 0.00000312. The lowest BCUT2D eigenvalue weighted by Crippen LogP contribution is -2.42. The van der Waals surface area contributed by atoms with Crippen molar-refractivity contribution in [2.75, 3.05) is 47.0 Å². The minimum atomic E-state index is 0. The van der Waals surface area contributed by atoms with Crippen molar-refractivity contribution in [2.45, 2.75) is 26.2 Å². The number of ether oxygens (including phenoxy) is 2. The van der Waals surface area contributed by atoms with Crippen LogP contribution in [0.4, 0.5) is 0 Å². The molecule has 0 aliphatic carbocycles. The molecule has 1 aromatic rings. The Morgan fingerprint density at radius 3 is 2.64 bits per heavy atom. The van der Waals surface area contributed by atoms with Gasteiger partial charge < -0.3 is 19.7 Å². The quantitative estimate of drug-likeness (QED) is 0.293. The van der Waals surface area contributed by atoms with Crippen molar-refractivity contribution < 1.29 is 9.47 Å². The molecular formula is C19H32IN3O2. The lowest BCUT2D eigenvalue weighted by atomic mass is 10.0. The molecule has 25 heavy (non-hydrogen) atoms. The highest BCUT2D eigenvalue weighted by Gasteiger charge is 2.18. The monoisotopic (exact) mass is 461 g/mol. The number of benzene rings is 1. The molecule has 1 heterocycles. The zero-order valence-corrected chi connectivity index (χ0v) is 18.2. The maximum absolute atomic E-state index is 5.79. The number of hydrogen-bond acceptors (Lipinski definition) is 3. The lowest BCUT2D eigenvalue weighted by molar-refractivity contribution is 0.181. The van der Waals surface area contributed by atoms with Gasteiger partial charge in [0, 0.05) is 33.2 Å². The standard InChI is InChI=1S/C19H31N3O2.HI/c1-15(2)17-5-7-18(8-6-17)24-12-10-21-19(20-3)22(4)13-16-9-11-23-14-16;/h5-8,15-16H,9-14H2,1-4H3,(H,20,21);1H. The van der Waals surface area contributed by atoms with Gasteiger partial charge in [0.25, 0.3) is 0 Å². The normalized spacial score (nSPS) is 17.3. The lowest BCUT2D eigenvalue weighted by Gasteiger charge is -2.24. The maximum atomic E-state index is 5.79. The van der Waals surface area contributed by atoms with Crippen molar-refractivity contribution in [3.63, 3.8) is 0 Å². The molecule has 1 aromatic carbocycles. The summed E-state index contributed by atoms with van der Waals surface area (Å²) in [7, 11) is 3.88. The van der Waals surface area contributed by atoms with E-state index in [1.807, 2.05) is 19.2 Å². The molecule has 6 heteroatoms. The molecule has 0 amide bonds. The summed E-state index contributed by atoms with van der Waals surface area (Å²) in [4.78, 5) is 6.50. The molecule has 1 saturated heterocycles. The van der Waals surface area contributed by atoms with Gasteiger partial charge >= 0.3 is 0 Å². The van der Waals surface area contributed by atoms with Crippen molar-refractivity contribution >= 4 is 29.9 Å². The van der Waals surface area contributed by atoms with Gasteiger partial charge in [-0.3, -0.25) is 4.99 Å². The van der Waals surface area contributed by atoms with Crippen LogP contribution in [0.1, 0.15) is 31.7 Å². The van der Waals surface area contributed by atoms with Gasteiger partial charge in [-0.15, -0.1) is 24.0 Å². The summed E-state index contributed by atoms with van der Waals surface area (Å²) < 4.78 is 11.2. The van der Waals surface area contributed by atoms with Gasteiger partial charge in [0.2, 0.25) is 0 Å². The highest BCUT2D eigenvalue weighted by Crippen LogP contribution is 2.18. The van der Waals surface area contributed by atoms with Crippen molar-refractivity contribution in [3.8, 4) is 5.75 Å². The van der Waals surface area contributed by atoms with Crippen LogP contribution in [0.15, 0.2) is 29.3 Å². The number of halogens is 1. The summed E-state index contributed by atoms with van der Waals surface area (Å²) >= 11 is 0. The Kier molecular flexibility index (Phi) is 10.2. The number of rotatable bonds is 7. The van der Waals surface area contributed by atoms with Gasteiger partial charge in [-0.2, -0.15) is 0 Å². The average molecular weight is 461 g/mol. The van der Waals surface area contributed by atoms with Gasteiger partial charge in [0.1, 0.15) is 12.4 Å². The fourth-order valence-electron chi connectivity index (χ4n) is 2.87. The van der Waals surface area contributed by atoms with Crippen LogP contribution in [0.2, 0.25) is 0 Å². The average Bonchev–Trinajstić information content (AvgIpc) is 3.08. The molecule has 0 spiro atoms. The first-order valence-electron chi connectivity index (χ1n) is 8.82. The molecule has 1 N–H and O–H groups in total. The molecule has 5 nitrogen and oxygen atoms in total. The highest BCUT2D eigenvalue weighted by molar-refractivity contribution is 14.0. The van der Waals surface area contributed by atoms with Crippen molar-refractivity contribution in [2.24, 2.45) is 10.9 Å². The molecule has 0 bridgehead atoms. The van der Waals surface area contributed by atoms with Crippen LogP contribution in [0.25, 0.3) is 0 Å². The molecule has 2 rings (SSSR count). The second-order valence-electron chi connectivity index (χ2n) is 6.66. The number of aliphatic imine (C=N–C) groups is 1. The predicted octanol–water partition coefficient (Wildman–Crippen LogP) is 3.35. The second-order valence-corrected chi connectivity index (χ2v) is 6.66. The summed E-state index contributed by atoms with van der Waals surface area (Å²) in [6.07, 6.45) is 1.14. The molecule has 0 aromatic heterocycles. The molecule has 142 valence electrons. The summed E-state index contributed by atoms with van der Waals surface area (Å²) in [6.45, 7) is 8.44. The summed E-state index contributed by atoms with van der Waals surface area (Å²) in [5, 5.41) is 3.35. The first-order chi connectivity index (χ1) is 11.6. The Bertz CT molecular complexity index is 514. The minimum absolute atomic E-state index is 0. The number of guanidine groups is 1. The van der Waals surface area contributed by atoms with Crippen LogP contribution in [-0.4, -0.2) is 57.9 Å². The van der Waals surface area contributed by atoms with E-state index in [4.69, 9.17) is 9.47 Å². The topological polar surface area (TPSA) is 46.1 Å². The third kappa shape index (κ3) is 7.40. The summed E-state index contributed by atoms with van der Waals surface area (Å²) in [5.74, 6) is 2.96. The number of nitrogens with zero attached hydrogens (tertiary/aromatic N) is 2. The zero-order chi connectivity index (χ0) is 17.4. The number of nitrogens with one attached hydrogen (secondary N) is 1. The molecule has 0 saturated carbocycles. The molecule has 0 radical (unpaired) electrons. The van der Waals surface area contributed by atoms with Gasteiger partial charge in [-0.05, 0) is 30.0 Å². The molecule has 1 atom stereocenters. The van der Waals surface area contributed by atoms with Crippen LogP contribution in [-0.2, 0) is 4.74 Å². The molecule has 1 fully saturated rings. The smallest absolute Gasteiger partial charge is 0.193 e. The third-order valence-electron chi connectivity index (χ3n) is 4.33. The van der Waals surface area contributed by atoms with E-state index in [2.05, 4.69) is 48.2 Å². The first kappa shape index (κ1) is 22.0. The SMILES string of the molecule is CN=C(NCCOc1ccc(C(C)C)cc1)N(C)CC1CCOC1.I. The largest absolute Gasteiger partial charge is 0.492 e. The van der Waals surface area contributed by atoms with E-state index in [1.54, 1.807) is 0 Å². The van der Waals surface area contributed by atoms with E-state index in [0.717, 1.165) is 44.4 Å². The fourth-order valence-corrected chi connectivity index (χ4v) is 2.87. The van der Waals surface area contributed by atoms with E-state index in [1.165, 1.54) is 5.56 Å². The summed E-state index contributed by atoms with van der Waals surface area (Å²) in [6, 6.07) is 8.33. The molecule has 1 aliphatic rings. The van der Waals surface area contributed by atoms with Crippen molar-refractivity contribution in [3.05, 3.63) is 29.8 Å². The Morgan fingerprint density at radius 2 is 2.08 bits per heavy atom. The van der Waals surface area contributed by atoms with E-state index in [0.29, 0.717) is 18.4 Å². The Labute approximate surface area is 169 Å².